The Morgan fingerprint density at radius 2 is 1.00 bits per heavy atom. The standard InChI is InChI=1S/C19H24N8O2/c20-16(21)10-2-4-14(12(8-10)18(24)25)28-6-1-7-29-15-5-3-11(17(22)23)9-13(15)19(26)27/h2-5,8-9H,1,6-7H2,(H3,20,21)(H3,22,23)(H3,24,25)(H3,26,27). The minimum Gasteiger partial charge on any atom is -0.493 e. The van der Waals surface area contributed by atoms with E-state index in [0.29, 0.717) is 53.4 Å². The van der Waals surface area contributed by atoms with Crippen LogP contribution in [0.1, 0.15) is 28.7 Å². The maximum Gasteiger partial charge on any atom is 0.130 e. The first kappa shape index (κ1) is 21.2. The summed E-state index contributed by atoms with van der Waals surface area (Å²) in [7, 11) is 0. The molecule has 10 nitrogen and oxygen atoms in total. The van der Waals surface area contributed by atoms with E-state index in [9.17, 15) is 0 Å². The van der Waals surface area contributed by atoms with Gasteiger partial charge in [0.15, 0.2) is 0 Å². The molecule has 29 heavy (non-hydrogen) atoms. The lowest BCUT2D eigenvalue weighted by atomic mass is 10.1. The highest BCUT2D eigenvalue weighted by Gasteiger charge is 2.11. The average Bonchev–Trinajstić information content (AvgIpc) is 2.67. The van der Waals surface area contributed by atoms with E-state index in [-0.39, 0.29) is 23.3 Å². The number of hydrogen-bond donors (Lipinski definition) is 8. The molecule has 152 valence electrons. The molecule has 0 aromatic heterocycles. The highest BCUT2D eigenvalue weighted by molar-refractivity contribution is 6.03. The Morgan fingerprint density at radius 3 is 1.31 bits per heavy atom. The molecule has 0 unspecified atom stereocenters. The fourth-order valence-corrected chi connectivity index (χ4v) is 2.49. The number of nitrogens with two attached hydrogens (primary N) is 4. The van der Waals surface area contributed by atoms with E-state index in [1.807, 2.05) is 0 Å². The molecule has 0 atom stereocenters. The van der Waals surface area contributed by atoms with E-state index in [0.717, 1.165) is 0 Å². The predicted octanol–water partition coefficient (Wildman–Crippen LogP) is 0.671. The van der Waals surface area contributed by atoms with Crippen LogP contribution in [0.3, 0.4) is 0 Å². The molecule has 0 saturated heterocycles. The molecule has 0 aliphatic rings. The number of nitrogens with one attached hydrogen (secondary N) is 4. The van der Waals surface area contributed by atoms with E-state index in [1.165, 1.54) is 12.1 Å². The first-order chi connectivity index (χ1) is 13.7. The molecule has 0 bridgehead atoms. The van der Waals surface area contributed by atoms with Crippen molar-refractivity contribution in [3.05, 3.63) is 58.7 Å². The lowest BCUT2D eigenvalue weighted by Gasteiger charge is -2.14. The monoisotopic (exact) mass is 396 g/mol. The van der Waals surface area contributed by atoms with Crippen molar-refractivity contribution in [1.29, 1.82) is 21.6 Å². The number of hydrogen-bond acceptors (Lipinski definition) is 6. The molecule has 0 saturated carbocycles. The van der Waals surface area contributed by atoms with Crippen molar-refractivity contribution in [2.45, 2.75) is 6.42 Å². The van der Waals surface area contributed by atoms with Gasteiger partial charge in [0, 0.05) is 17.5 Å². The van der Waals surface area contributed by atoms with E-state index >= 15 is 0 Å². The molecule has 2 aromatic rings. The Balaban J connectivity index is 1.97. The van der Waals surface area contributed by atoms with Gasteiger partial charge in [-0.15, -0.1) is 0 Å². The maximum absolute atomic E-state index is 7.66. The van der Waals surface area contributed by atoms with E-state index in [2.05, 4.69) is 0 Å². The number of ether oxygens (including phenoxy) is 2. The van der Waals surface area contributed by atoms with Gasteiger partial charge in [-0.3, -0.25) is 21.6 Å². The second kappa shape index (κ2) is 9.22. The molecule has 2 aromatic carbocycles. The second-order valence-corrected chi connectivity index (χ2v) is 6.13. The average molecular weight is 396 g/mol. The number of nitrogen functional groups attached to an aromatic ring is 4. The minimum atomic E-state index is -0.184. The Kier molecular flexibility index (Phi) is 6.75. The molecule has 0 heterocycles. The van der Waals surface area contributed by atoms with Crippen molar-refractivity contribution >= 4 is 23.3 Å². The summed E-state index contributed by atoms with van der Waals surface area (Å²) in [5.74, 6) is 0.219. The van der Waals surface area contributed by atoms with Crippen LogP contribution in [0.2, 0.25) is 0 Å². The van der Waals surface area contributed by atoms with Crippen molar-refractivity contribution in [2.24, 2.45) is 22.9 Å². The van der Waals surface area contributed by atoms with Gasteiger partial charge in [0.2, 0.25) is 0 Å². The third kappa shape index (κ3) is 5.45. The lowest BCUT2D eigenvalue weighted by Crippen LogP contribution is -2.18. The Labute approximate surface area is 167 Å². The van der Waals surface area contributed by atoms with Crippen LogP contribution in [0.4, 0.5) is 0 Å². The summed E-state index contributed by atoms with van der Waals surface area (Å²) < 4.78 is 11.4. The molecule has 0 spiro atoms. The molecule has 2 rings (SSSR count). The van der Waals surface area contributed by atoms with Gasteiger partial charge in [0.25, 0.3) is 0 Å². The molecule has 12 N–H and O–H groups in total. The summed E-state index contributed by atoms with van der Waals surface area (Å²) in [6, 6.07) is 9.54. The van der Waals surface area contributed by atoms with E-state index in [4.69, 9.17) is 54.0 Å². The van der Waals surface area contributed by atoms with Crippen LogP contribution < -0.4 is 32.4 Å². The summed E-state index contributed by atoms with van der Waals surface area (Å²) in [6.45, 7) is 0.585. The van der Waals surface area contributed by atoms with Crippen molar-refractivity contribution in [3.8, 4) is 11.5 Å². The van der Waals surface area contributed by atoms with Crippen molar-refractivity contribution in [2.75, 3.05) is 13.2 Å². The molecular weight excluding hydrogens is 372 g/mol. The molecule has 0 fully saturated rings. The van der Waals surface area contributed by atoms with E-state index < -0.39 is 0 Å². The third-order valence-electron chi connectivity index (χ3n) is 3.97. The normalized spacial score (nSPS) is 10.2. The van der Waals surface area contributed by atoms with Gasteiger partial charge in [0.05, 0.1) is 24.3 Å². The van der Waals surface area contributed by atoms with Gasteiger partial charge in [-0.05, 0) is 36.4 Å². The van der Waals surface area contributed by atoms with Crippen LogP contribution >= 0.6 is 0 Å². The summed E-state index contributed by atoms with van der Waals surface area (Å²) in [5, 5.41) is 30.3. The van der Waals surface area contributed by atoms with Crippen LogP contribution in [0.5, 0.6) is 11.5 Å². The second-order valence-electron chi connectivity index (χ2n) is 6.13. The van der Waals surface area contributed by atoms with Crippen LogP contribution in [0, 0.1) is 21.6 Å². The molecule has 0 aliphatic heterocycles. The highest BCUT2D eigenvalue weighted by atomic mass is 16.5. The van der Waals surface area contributed by atoms with Gasteiger partial charge in [-0.1, -0.05) is 0 Å². The Bertz CT molecular complexity index is 893. The van der Waals surface area contributed by atoms with Gasteiger partial charge in [-0.25, -0.2) is 0 Å². The smallest absolute Gasteiger partial charge is 0.130 e. The fraction of sp³-hybridized carbons (Fsp3) is 0.158. The number of amidine groups is 4. The van der Waals surface area contributed by atoms with Gasteiger partial charge < -0.3 is 32.4 Å². The summed E-state index contributed by atoms with van der Waals surface area (Å²) in [5.41, 5.74) is 23.7. The van der Waals surface area contributed by atoms with Crippen molar-refractivity contribution < 1.29 is 9.47 Å². The van der Waals surface area contributed by atoms with Crippen LogP contribution in [0.25, 0.3) is 0 Å². The largest absolute Gasteiger partial charge is 0.493 e. The number of rotatable bonds is 10. The van der Waals surface area contributed by atoms with Crippen LogP contribution in [-0.4, -0.2) is 36.6 Å². The molecule has 0 aliphatic carbocycles. The minimum absolute atomic E-state index is 0.121. The Hall–Kier alpha value is -4.08. The van der Waals surface area contributed by atoms with Crippen molar-refractivity contribution in [3.63, 3.8) is 0 Å². The first-order valence-corrected chi connectivity index (χ1v) is 8.62. The maximum atomic E-state index is 7.66. The number of benzene rings is 2. The summed E-state index contributed by atoms with van der Waals surface area (Å²) in [6.07, 6.45) is 0.512. The van der Waals surface area contributed by atoms with Gasteiger partial charge in [0.1, 0.15) is 34.8 Å². The summed E-state index contributed by atoms with van der Waals surface area (Å²) in [4.78, 5) is 0. The highest BCUT2D eigenvalue weighted by Crippen LogP contribution is 2.21. The molecular formula is C19H24N8O2. The molecule has 0 amide bonds. The molecule has 10 heteroatoms. The fourth-order valence-electron chi connectivity index (χ4n) is 2.49. The topological polar surface area (TPSA) is 218 Å². The quantitative estimate of drug-likeness (QED) is 0.164. The van der Waals surface area contributed by atoms with Gasteiger partial charge in [-0.2, -0.15) is 0 Å². The van der Waals surface area contributed by atoms with Crippen LogP contribution in [0.15, 0.2) is 36.4 Å². The summed E-state index contributed by atoms with van der Waals surface area (Å²) >= 11 is 0. The SMILES string of the molecule is N=C(N)c1ccc(OCCCOc2ccc(C(=N)N)cc2C(=N)N)c(C(=N)N)c1. The third-order valence-corrected chi connectivity index (χ3v) is 3.97. The molecule has 0 radical (unpaired) electrons. The van der Waals surface area contributed by atoms with Gasteiger partial charge >= 0.3 is 0 Å². The van der Waals surface area contributed by atoms with E-state index in [1.54, 1.807) is 24.3 Å². The zero-order valence-electron chi connectivity index (χ0n) is 15.7. The Morgan fingerprint density at radius 1 is 0.621 bits per heavy atom. The predicted molar refractivity (Wildman–Crippen MR) is 113 cm³/mol. The first-order valence-electron chi connectivity index (χ1n) is 8.62. The van der Waals surface area contributed by atoms with Crippen molar-refractivity contribution in [1.82, 2.24) is 0 Å². The zero-order valence-corrected chi connectivity index (χ0v) is 15.7. The van der Waals surface area contributed by atoms with Crippen LogP contribution in [-0.2, 0) is 0 Å². The lowest BCUT2D eigenvalue weighted by molar-refractivity contribution is 0.247. The zero-order chi connectivity index (χ0) is 21.6.